The SMILES string of the molecule is CCOCC(NC)C1(OCC)CCCCCC1. The quantitative estimate of drug-likeness (QED) is 0.697. The van der Waals surface area contributed by atoms with Gasteiger partial charge < -0.3 is 14.8 Å². The molecule has 3 heteroatoms. The first-order chi connectivity index (χ1) is 8.29. The van der Waals surface area contributed by atoms with Crippen LogP contribution in [0.5, 0.6) is 0 Å². The minimum absolute atomic E-state index is 0.00479. The average Bonchev–Trinajstić information content (AvgIpc) is 2.57. The van der Waals surface area contributed by atoms with E-state index in [-0.39, 0.29) is 5.60 Å². The summed E-state index contributed by atoms with van der Waals surface area (Å²) < 4.78 is 11.8. The van der Waals surface area contributed by atoms with Gasteiger partial charge in [0.15, 0.2) is 0 Å². The molecular formula is C14H29NO2. The summed E-state index contributed by atoms with van der Waals surface area (Å²) in [6.45, 7) is 6.48. The van der Waals surface area contributed by atoms with Gasteiger partial charge in [-0.25, -0.2) is 0 Å². The van der Waals surface area contributed by atoms with Gasteiger partial charge in [-0.3, -0.25) is 0 Å². The molecule has 3 nitrogen and oxygen atoms in total. The first-order valence-electron chi connectivity index (χ1n) is 7.18. The van der Waals surface area contributed by atoms with Crippen molar-refractivity contribution in [3.63, 3.8) is 0 Å². The molecule has 0 saturated heterocycles. The van der Waals surface area contributed by atoms with Gasteiger partial charge in [-0.1, -0.05) is 25.7 Å². The predicted molar refractivity (Wildman–Crippen MR) is 71.4 cm³/mol. The fraction of sp³-hybridized carbons (Fsp3) is 1.00. The van der Waals surface area contributed by atoms with Gasteiger partial charge in [0, 0.05) is 13.2 Å². The van der Waals surface area contributed by atoms with Gasteiger partial charge in [0.05, 0.1) is 18.2 Å². The molecule has 0 amide bonds. The molecule has 0 bridgehead atoms. The summed E-state index contributed by atoms with van der Waals surface area (Å²) in [5, 5.41) is 3.41. The smallest absolute Gasteiger partial charge is 0.0857 e. The van der Waals surface area contributed by atoms with Gasteiger partial charge in [0.1, 0.15) is 0 Å². The van der Waals surface area contributed by atoms with Crippen molar-refractivity contribution in [2.24, 2.45) is 0 Å². The van der Waals surface area contributed by atoms with E-state index in [2.05, 4.69) is 12.2 Å². The summed E-state index contributed by atoms with van der Waals surface area (Å²) in [6, 6.07) is 0.320. The van der Waals surface area contributed by atoms with Crippen LogP contribution in [-0.4, -0.2) is 38.5 Å². The molecule has 0 heterocycles. The Hall–Kier alpha value is -0.120. The lowest BCUT2D eigenvalue weighted by Gasteiger charge is -2.40. The van der Waals surface area contributed by atoms with Gasteiger partial charge in [0.25, 0.3) is 0 Å². The van der Waals surface area contributed by atoms with E-state index in [4.69, 9.17) is 9.47 Å². The molecule has 0 aromatic heterocycles. The highest BCUT2D eigenvalue weighted by molar-refractivity contribution is 4.94. The number of rotatable bonds is 7. The van der Waals surface area contributed by atoms with Crippen LogP contribution in [0.25, 0.3) is 0 Å². The summed E-state index contributed by atoms with van der Waals surface area (Å²) in [5.41, 5.74) is -0.00479. The van der Waals surface area contributed by atoms with Crippen LogP contribution in [0.1, 0.15) is 52.4 Å². The van der Waals surface area contributed by atoms with Crippen molar-refractivity contribution in [1.82, 2.24) is 5.32 Å². The van der Waals surface area contributed by atoms with E-state index in [1.807, 2.05) is 14.0 Å². The van der Waals surface area contributed by atoms with E-state index in [9.17, 15) is 0 Å². The molecule has 1 fully saturated rings. The molecule has 1 saturated carbocycles. The lowest BCUT2D eigenvalue weighted by atomic mass is 9.86. The molecule has 1 aliphatic rings. The van der Waals surface area contributed by atoms with Crippen molar-refractivity contribution in [2.45, 2.75) is 64.0 Å². The maximum Gasteiger partial charge on any atom is 0.0857 e. The molecule has 0 aromatic rings. The van der Waals surface area contributed by atoms with E-state index in [1.165, 1.54) is 38.5 Å². The van der Waals surface area contributed by atoms with E-state index in [0.29, 0.717) is 6.04 Å². The molecule has 1 N–H and O–H groups in total. The Morgan fingerprint density at radius 3 is 2.18 bits per heavy atom. The molecule has 0 aromatic carbocycles. The van der Waals surface area contributed by atoms with Gasteiger partial charge in [-0.05, 0) is 33.7 Å². The Morgan fingerprint density at radius 2 is 1.71 bits per heavy atom. The zero-order valence-electron chi connectivity index (χ0n) is 11.8. The summed E-state index contributed by atoms with van der Waals surface area (Å²) in [6.07, 6.45) is 7.59. The van der Waals surface area contributed by atoms with Crippen molar-refractivity contribution in [2.75, 3.05) is 26.9 Å². The van der Waals surface area contributed by atoms with Crippen LogP contribution in [0, 0.1) is 0 Å². The van der Waals surface area contributed by atoms with E-state index in [1.54, 1.807) is 0 Å². The van der Waals surface area contributed by atoms with Crippen molar-refractivity contribution in [1.29, 1.82) is 0 Å². The predicted octanol–water partition coefficient (Wildman–Crippen LogP) is 2.74. The van der Waals surface area contributed by atoms with Crippen LogP contribution in [0.2, 0.25) is 0 Å². The minimum Gasteiger partial charge on any atom is -0.380 e. The Balaban J connectivity index is 2.70. The first-order valence-corrected chi connectivity index (χ1v) is 7.18. The Morgan fingerprint density at radius 1 is 1.06 bits per heavy atom. The molecular weight excluding hydrogens is 214 g/mol. The van der Waals surface area contributed by atoms with Crippen LogP contribution in [0.4, 0.5) is 0 Å². The minimum atomic E-state index is -0.00479. The van der Waals surface area contributed by atoms with Crippen LogP contribution < -0.4 is 5.32 Å². The van der Waals surface area contributed by atoms with E-state index in [0.717, 1.165) is 19.8 Å². The fourth-order valence-corrected chi connectivity index (χ4v) is 2.94. The molecule has 0 aliphatic heterocycles. The summed E-state index contributed by atoms with van der Waals surface area (Å²) in [7, 11) is 2.02. The van der Waals surface area contributed by atoms with Gasteiger partial charge in [0.2, 0.25) is 0 Å². The topological polar surface area (TPSA) is 30.5 Å². The molecule has 17 heavy (non-hydrogen) atoms. The second-order valence-corrected chi connectivity index (χ2v) is 4.91. The lowest BCUT2D eigenvalue weighted by Crippen LogP contribution is -2.53. The van der Waals surface area contributed by atoms with Crippen molar-refractivity contribution in [3.8, 4) is 0 Å². The molecule has 1 unspecified atom stereocenters. The highest BCUT2D eigenvalue weighted by Crippen LogP contribution is 2.33. The lowest BCUT2D eigenvalue weighted by molar-refractivity contribution is -0.0916. The molecule has 1 rings (SSSR count). The Bertz CT molecular complexity index is 189. The third kappa shape index (κ3) is 4.23. The number of hydrogen-bond acceptors (Lipinski definition) is 3. The standard InChI is InChI=1S/C14H29NO2/c1-4-16-12-13(15-3)14(17-5-2)10-8-6-7-9-11-14/h13,15H,4-12H2,1-3H3. The summed E-state index contributed by atoms with van der Waals surface area (Å²) in [4.78, 5) is 0. The number of likely N-dealkylation sites (N-methyl/N-ethyl adjacent to an activating group) is 1. The zero-order valence-corrected chi connectivity index (χ0v) is 11.8. The molecule has 1 aliphatic carbocycles. The van der Waals surface area contributed by atoms with Gasteiger partial charge in [-0.2, -0.15) is 0 Å². The molecule has 0 radical (unpaired) electrons. The molecule has 0 spiro atoms. The maximum absolute atomic E-state index is 6.16. The number of hydrogen-bond donors (Lipinski definition) is 1. The zero-order chi connectivity index (χ0) is 12.6. The van der Waals surface area contributed by atoms with Crippen LogP contribution in [0.15, 0.2) is 0 Å². The van der Waals surface area contributed by atoms with Crippen molar-refractivity contribution >= 4 is 0 Å². The van der Waals surface area contributed by atoms with Crippen LogP contribution in [-0.2, 0) is 9.47 Å². The normalized spacial score (nSPS) is 22.1. The van der Waals surface area contributed by atoms with Crippen LogP contribution >= 0.6 is 0 Å². The third-order valence-corrected chi connectivity index (χ3v) is 3.85. The van der Waals surface area contributed by atoms with Crippen molar-refractivity contribution in [3.05, 3.63) is 0 Å². The van der Waals surface area contributed by atoms with Crippen molar-refractivity contribution < 1.29 is 9.47 Å². The third-order valence-electron chi connectivity index (χ3n) is 3.85. The van der Waals surface area contributed by atoms with E-state index < -0.39 is 0 Å². The second kappa shape index (κ2) is 8.06. The van der Waals surface area contributed by atoms with Gasteiger partial charge in [-0.15, -0.1) is 0 Å². The highest BCUT2D eigenvalue weighted by atomic mass is 16.5. The molecule has 1 atom stereocenters. The van der Waals surface area contributed by atoms with Crippen LogP contribution in [0.3, 0.4) is 0 Å². The summed E-state index contributed by atoms with van der Waals surface area (Å²) >= 11 is 0. The second-order valence-electron chi connectivity index (χ2n) is 4.91. The highest BCUT2D eigenvalue weighted by Gasteiger charge is 2.39. The maximum atomic E-state index is 6.16. The van der Waals surface area contributed by atoms with Gasteiger partial charge >= 0.3 is 0 Å². The fourth-order valence-electron chi connectivity index (χ4n) is 2.94. The number of nitrogens with one attached hydrogen (secondary N) is 1. The largest absolute Gasteiger partial charge is 0.380 e. The number of ether oxygens (including phenoxy) is 2. The summed E-state index contributed by atoms with van der Waals surface area (Å²) in [5.74, 6) is 0. The monoisotopic (exact) mass is 243 g/mol. The Kier molecular flexibility index (Phi) is 7.09. The molecule has 102 valence electrons. The Labute approximate surface area is 106 Å². The first kappa shape index (κ1) is 14.9. The van der Waals surface area contributed by atoms with E-state index >= 15 is 0 Å². The average molecular weight is 243 g/mol.